The Morgan fingerprint density at radius 1 is 1.10 bits per heavy atom. The number of amides is 1. The Kier molecular flexibility index (Phi) is 5.65. The van der Waals surface area contributed by atoms with Gasteiger partial charge in [-0.3, -0.25) is 14.1 Å². The van der Waals surface area contributed by atoms with Crippen LogP contribution in [0.15, 0.2) is 67.0 Å². The fourth-order valence-electron chi connectivity index (χ4n) is 3.48. The summed E-state index contributed by atoms with van der Waals surface area (Å²) in [6.45, 7) is 1.80. The van der Waals surface area contributed by atoms with Gasteiger partial charge < -0.3 is 10.1 Å². The van der Waals surface area contributed by atoms with Gasteiger partial charge in [-0.1, -0.05) is 18.2 Å². The molecule has 1 unspecified atom stereocenters. The maximum Gasteiger partial charge on any atom is 0.267 e. The maximum atomic E-state index is 12.8. The van der Waals surface area contributed by atoms with E-state index < -0.39 is 22.0 Å². The summed E-state index contributed by atoms with van der Waals surface area (Å²) in [5.74, 6) is -0.0211. The number of ether oxygens (including phenoxy) is 1. The van der Waals surface area contributed by atoms with Gasteiger partial charge in [0.25, 0.3) is 5.91 Å². The van der Waals surface area contributed by atoms with Crippen molar-refractivity contribution in [1.29, 1.82) is 0 Å². The lowest BCUT2D eigenvalue weighted by molar-refractivity contribution is -0.122. The minimum Gasteiger partial charge on any atom is -0.476 e. The normalized spacial score (nSPS) is 15.7. The summed E-state index contributed by atoms with van der Waals surface area (Å²) in [5, 5.41) is 2.82. The Labute approximate surface area is 181 Å². The Morgan fingerprint density at radius 2 is 1.77 bits per heavy atom. The molecule has 7 nitrogen and oxygen atoms in total. The van der Waals surface area contributed by atoms with Crippen LogP contribution in [-0.4, -0.2) is 38.2 Å². The van der Waals surface area contributed by atoms with Crippen LogP contribution in [0.2, 0.25) is 0 Å². The Balaban J connectivity index is 1.48. The van der Waals surface area contributed by atoms with Crippen molar-refractivity contribution in [1.82, 2.24) is 4.98 Å². The lowest BCUT2D eigenvalue weighted by atomic mass is 10.1. The Hall–Kier alpha value is -3.39. The third kappa shape index (κ3) is 4.86. The minimum absolute atomic E-state index is 0.0825. The first kappa shape index (κ1) is 20.9. The predicted molar refractivity (Wildman–Crippen MR) is 120 cm³/mol. The van der Waals surface area contributed by atoms with Crippen molar-refractivity contribution in [2.24, 2.45) is 0 Å². The topological polar surface area (TPSA) is 88.6 Å². The van der Waals surface area contributed by atoms with Crippen LogP contribution in [0.25, 0.3) is 0 Å². The molecule has 0 aliphatic carbocycles. The number of carbonyl (C=O) groups excluding carboxylic acids is 1. The van der Waals surface area contributed by atoms with Gasteiger partial charge in [0.05, 0.1) is 18.5 Å². The zero-order valence-electron chi connectivity index (χ0n) is 17.3. The summed E-state index contributed by atoms with van der Waals surface area (Å²) in [6.07, 6.45) is 4.45. The minimum atomic E-state index is -3.56. The van der Waals surface area contributed by atoms with Crippen LogP contribution < -0.4 is 14.4 Å². The van der Waals surface area contributed by atoms with Crippen LogP contribution >= 0.6 is 0 Å². The van der Waals surface area contributed by atoms with Gasteiger partial charge in [0.2, 0.25) is 10.0 Å². The lowest BCUT2D eigenvalue weighted by Crippen LogP contribution is -2.48. The highest BCUT2D eigenvalue weighted by Gasteiger charge is 2.35. The van der Waals surface area contributed by atoms with Crippen molar-refractivity contribution in [2.45, 2.75) is 19.4 Å². The van der Waals surface area contributed by atoms with Gasteiger partial charge in [-0.2, -0.15) is 0 Å². The van der Waals surface area contributed by atoms with Crippen LogP contribution in [0.4, 0.5) is 11.4 Å². The number of aromatic nitrogens is 1. The number of aryl methyl sites for hydroxylation is 1. The highest BCUT2D eigenvalue weighted by atomic mass is 32.2. The molecular formula is C23H23N3O4S. The summed E-state index contributed by atoms with van der Waals surface area (Å²) >= 11 is 0. The quantitative estimate of drug-likeness (QED) is 0.662. The molecular weight excluding hydrogens is 414 g/mol. The number of rotatable bonds is 5. The number of fused-ring (bicyclic) bond motifs is 1. The molecule has 0 fully saturated rings. The number of benzene rings is 2. The molecule has 8 heteroatoms. The van der Waals surface area contributed by atoms with Crippen LogP contribution in [0.5, 0.6) is 5.75 Å². The molecule has 1 N–H and O–H groups in total. The van der Waals surface area contributed by atoms with E-state index in [-0.39, 0.29) is 6.54 Å². The van der Waals surface area contributed by atoms with E-state index in [1.54, 1.807) is 24.5 Å². The number of hydrogen-bond donors (Lipinski definition) is 1. The highest BCUT2D eigenvalue weighted by molar-refractivity contribution is 7.92. The van der Waals surface area contributed by atoms with E-state index in [0.717, 1.165) is 29.4 Å². The molecule has 160 valence electrons. The maximum absolute atomic E-state index is 12.8. The van der Waals surface area contributed by atoms with Crippen LogP contribution in [0.1, 0.15) is 16.7 Å². The zero-order valence-corrected chi connectivity index (χ0v) is 18.1. The van der Waals surface area contributed by atoms with E-state index in [9.17, 15) is 13.2 Å². The second-order valence-electron chi connectivity index (χ2n) is 7.59. The monoisotopic (exact) mass is 437 g/mol. The molecule has 1 amide bonds. The first-order valence-corrected chi connectivity index (χ1v) is 11.7. The molecule has 31 heavy (non-hydrogen) atoms. The summed E-state index contributed by atoms with van der Waals surface area (Å²) < 4.78 is 31.6. The van der Waals surface area contributed by atoms with E-state index in [4.69, 9.17) is 4.74 Å². The standard InChI is InChI=1S/C23H23N3O4S/c1-16-3-8-20-21(13-16)30-22(15-26(20)31(2,28)29)23(27)25-19-6-4-17(5-7-19)14-18-9-11-24-12-10-18/h3-13,22H,14-15H2,1-2H3,(H,25,27). The molecule has 2 aromatic carbocycles. The van der Waals surface area contributed by atoms with Gasteiger partial charge in [-0.05, 0) is 66.4 Å². The van der Waals surface area contributed by atoms with E-state index in [0.29, 0.717) is 17.1 Å². The molecule has 1 aliphatic heterocycles. The third-order valence-corrected chi connectivity index (χ3v) is 6.20. The molecule has 4 rings (SSSR count). The lowest BCUT2D eigenvalue weighted by Gasteiger charge is -2.34. The van der Waals surface area contributed by atoms with Crippen molar-refractivity contribution in [3.8, 4) is 5.75 Å². The zero-order chi connectivity index (χ0) is 22.0. The number of nitrogens with zero attached hydrogens (tertiary/aromatic N) is 2. The van der Waals surface area contributed by atoms with E-state index in [1.165, 1.54) is 4.31 Å². The van der Waals surface area contributed by atoms with Crippen molar-refractivity contribution in [3.05, 3.63) is 83.7 Å². The van der Waals surface area contributed by atoms with Gasteiger partial charge in [-0.15, -0.1) is 0 Å². The number of pyridine rings is 1. The summed E-state index contributed by atoms with van der Waals surface area (Å²) in [5.41, 5.74) is 4.23. The second-order valence-corrected chi connectivity index (χ2v) is 9.50. The van der Waals surface area contributed by atoms with Crippen molar-refractivity contribution in [2.75, 3.05) is 22.4 Å². The Bertz CT molecular complexity index is 1200. The molecule has 2 heterocycles. The number of carbonyl (C=O) groups is 1. The van der Waals surface area contributed by atoms with Crippen molar-refractivity contribution in [3.63, 3.8) is 0 Å². The average Bonchev–Trinajstić information content (AvgIpc) is 2.74. The van der Waals surface area contributed by atoms with Gasteiger partial charge >= 0.3 is 0 Å². The number of nitrogens with one attached hydrogen (secondary N) is 1. The SMILES string of the molecule is Cc1ccc2c(c1)OC(C(=O)Nc1ccc(Cc3ccncc3)cc1)CN2S(C)(=O)=O. The smallest absolute Gasteiger partial charge is 0.267 e. The van der Waals surface area contributed by atoms with Crippen LogP contribution in [-0.2, 0) is 21.2 Å². The number of anilines is 2. The molecule has 3 aromatic rings. The predicted octanol–water partition coefficient (Wildman–Crippen LogP) is 3.15. The van der Waals surface area contributed by atoms with Gasteiger partial charge in [0.15, 0.2) is 6.10 Å². The fourth-order valence-corrected chi connectivity index (χ4v) is 4.39. The van der Waals surface area contributed by atoms with E-state index in [1.807, 2.05) is 49.4 Å². The molecule has 1 aliphatic rings. The van der Waals surface area contributed by atoms with Crippen molar-refractivity contribution >= 4 is 27.3 Å². The first-order valence-electron chi connectivity index (χ1n) is 9.83. The first-order chi connectivity index (χ1) is 14.8. The third-order valence-electron chi connectivity index (χ3n) is 5.06. The van der Waals surface area contributed by atoms with Crippen molar-refractivity contribution < 1.29 is 17.9 Å². The average molecular weight is 438 g/mol. The van der Waals surface area contributed by atoms with Gasteiger partial charge in [0, 0.05) is 18.1 Å². The highest BCUT2D eigenvalue weighted by Crippen LogP contribution is 2.36. The Morgan fingerprint density at radius 3 is 2.45 bits per heavy atom. The second kappa shape index (κ2) is 8.39. The molecule has 0 saturated heterocycles. The molecule has 0 saturated carbocycles. The summed E-state index contributed by atoms with van der Waals surface area (Å²) in [4.78, 5) is 16.9. The molecule has 1 atom stereocenters. The molecule has 0 spiro atoms. The fraction of sp³-hybridized carbons (Fsp3) is 0.217. The van der Waals surface area contributed by atoms with Crippen LogP contribution in [0.3, 0.4) is 0 Å². The molecule has 1 aromatic heterocycles. The largest absolute Gasteiger partial charge is 0.476 e. The number of hydrogen-bond acceptors (Lipinski definition) is 5. The summed E-state index contributed by atoms with van der Waals surface area (Å²) in [6, 6.07) is 16.7. The van der Waals surface area contributed by atoms with E-state index in [2.05, 4.69) is 10.3 Å². The van der Waals surface area contributed by atoms with Crippen LogP contribution in [0, 0.1) is 6.92 Å². The molecule has 0 radical (unpaired) electrons. The van der Waals surface area contributed by atoms with E-state index >= 15 is 0 Å². The van der Waals surface area contributed by atoms with Gasteiger partial charge in [0.1, 0.15) is 5.75 Å². The number of sulfonamides is 1. The van der Waals surface area contributed by atoms with Gasteiger partial charge in [-0.25, -0.2) is 8.42 Å². The molecule has 0 bridgehead atoms. The summed E-state index contributed by atoms with van der Waals surface area (Å²) in [7, 11) is -3.56.